The van der Waals surface area contributed by atoms with Crippen LogP contribution in [0.5, 0.6) is 0 Å². The number of aromatic nitrogens is 1. The summed E-state index contributed by atoms with van der Waals surface area (Å²) in [6.07, 6.45) is 2.25. The van der Waals surface area contributed by atoms with Gasteiger partial charge >= 0.3 is 0 Å². The number of anilines is 1. The molecule has 3 rings (SSSR count). The van der Waals surface area contributed by atoms with Crippen molar-refractivity contribution in [1.82, 2.24) is 9.88 Å². The predicted molar refractivity (Wildman–Crippen MR) is 87.7 cm³/mol. The summed E-state index contributed by atoms with van der Waals surface area (Å²) in [6, 6.07) is 4.18. The average molecular weight is 303 g/mol. The molecule has 2 atom stereocenters. The molecule has 2 N–H and O–H groups in total. The molecule has 3 heterocycles. The summed E-state index contributed by atoms with van der Waals surface area (Å²) in [6.45, 7) is 7.09. The molecule has 1 amide bonds. The van der Waals surface area contributed by atoms with Crippen LogP contribution in [-0.4, -0.2) is 28.4 Å². The number of amides is 1. The van der Waals surface area contributed by atoms with E-state index in [1.165, 1.54) is 17.8 Å². The molecule has 0 spiro atoms. The normalized spacial score (nSPS) is 22.7. The van der Waals surface area contributed by atoms with E-state index in [1.54, 1.807) is 0 Å². The van der Waals surface area contributed by atoms with Gasteiger partial charge in [0.15, 0.2) is 0 Å². The van der Waals surface area contributed by atoms with E-state index in [-0.39, 0.29) is 11.9 Å². The van der Waals surface area contributed by atoms with Gasteiger partial charge in [0.05, 0.1) is 5.69 Å². The summed E-state index contributed by atoms with van der Waals surface area (Å²) in [5.41, 5.74) is 7.73. The number of fused-ring (bicyclic) bond motifs is 1. The van der Waals surface area contributed by atoms with E-state index in [4.69, 9.17) is 5.73 Å². The molecule has 1 fully saturated rings. The molecule has 0 bridgehead atoms. The van der Waals surface area contributed by atoms with Crippen molar-refractivity contribution in [1.29, 1.82) is 0 Å². The lowest BCUT2D eigenvalue weighted by Gasteiger charge is -2.36. The molecular weight excluding hydrogens is 282 g/mol. The second-order valence-corrected chi connectivity index (χ2v) is 7.14. The minimum Gasteiger partial charge on any atom is -0.397 e. The van der Waals surface area contributed by atoms with Gasteiger partial charge in [0.25, 0.3) is 5.91 Å². The third kappa shape index (κ3) is 2.50. The minimum absolute atomic E-state index is 0.0622. The minimum atomic E-state index is 0.0622. The molecule has 0 aromatic carbocycles. The third-order valence-electron chi connectivity index (χ3n) is 4.31. The fraction of sp³-hybridized carbons (Fsp3) is 0.500. The molecule has 1 aliphatic rings. The predicted octanol–water partition coefficient (Wildman–Crippen LogP) is 3.45. The second kappa shape index (κ2) is 5.30. The lowest BCUT2D eigenvalue weighted by Crippen LogP contribution is -2.44. The zero-order chi connectivity index (χ0) is 15.1. The highest BCUT2D eigenvalue weighted by Gasteiger charge is 2.30. The van der Waals surface area contributed by atoms with Crippen LogP contribution in [0.2, 0.25) is 0 Å². The number of carbonyl (C=O) groups excluding carboxylic acids is 1. The number of piperidine rings is 1. The Labute approximate surface area is 129 Å². The number of hydrogen-bond donors (Lipinski definition) is 1. The van der Waals surface area contributed by atoms with E-state index >= 15 is 0 Å². The highest BCUT2D eigenvalue weighted by Crippen LogP contribution is 2.35. The van der Waals surface area contributed by atoms with Crippen molar-refractivity contribution in [2.75, 3.05) is 12.3 Å². The van der Waals surface area contributed by atoms with Crippen LogP contribution in [0.15, 0.2) is 12.1 Å². The van der Waals surface area contributed by atoms with Crippen LogP contribution < -0.4 is 5.73 Å². The highest BCUT2D eigenvalue weighted by molar-refractivity contribution is 7.21. The topological polar surface area (TPSA) is 59.2 Å². The van der Waals surface area contributed by atoms with Crippen molar-refractivity contribution in [2.45, 2.75) is 39.7 Å². The van der Waals surface area contributed by atoms with Crippen molar-refractivity contribution in [3.05, 3.63) is 22.7 Å². The summed E-state index contributed by atoms with van der Waals surface area (Å²) in [7, 11) is 0. The maximum atomic E-state index is 12.9. The third-order valence-corrected chi connectivity index (χ3v) is 5.41. The maximum Gasteiger partial charge on any atom is 0.266 e. The van der Waals surface area contributed by atoms with Gasteiger partial charge in [-0.2, -0.15) is 0 Å². The first-order valence-electron chi connectivity index (χ1n) is 7.44. The van der Waals surface area contributed by atoms with Crippen molar-refractivity contribution < 1.29 is 4.79 Å². The summed E-state index contributed by atoms with van der Waals surface area (Å²) in [4.78, 5) is 20.8. The van der Waals surface area contributed by atoms with Crippen LogP contribution in [0.1, 0.15) is 42.1 Å². The number of rotatable bonds is 1. The SMILES string of the molecule is Cc1ccc2c(N)c(C(=O)N3CC(C)CCC3C)sc2n1. The number of thiophene rings is 1. The lowest BCUT2D eigenvalue weighted by molar-refractivity contribution is 0.0580. The van der Waals surface area contributed by atoms with Gasteiger partial charge in [0, 0.05) is 23.7 Å². The molecule has 21 heavy (non-hydrogen) atoms. The fourth-order valence-corrected chi connectivity index (χ4v) is 4.05. The van der Waals surface area contributed by atoms with E-state index in [1.807, 2.05) is 24.0 Å². The largest absolute Gasteiger partial charge is 0.397 e. The van der Waals surface area contributed by atoms with Gasteiger partial charge in [0.1, 0.15) is 9.71 Å². The average Bonchev–Trinajstić information content (AvgIpc) is 2.77. The van der Waals surface area contributed by atoms with Gasteiger partial charge in [-0.05, 0) is 44.7 Å². The van der Waals surface area contributed by atoms with Crippen LogP contribution in [0.4, 0.5) is 5.69 Å². The van der Waals surface area contributed by atoms with E-state index in [2.05, 4.69) is 18.8 Å². The summed E-state index contributed by atoms with van der Waals surface area (Å²) in [5.74, 6) is 0.619. The Bertz CT molecular complexity index is 694. The van der Waals surface area contributed by atoms with Crippen LogP contribution in [-0.2, 0) is 0 Å². The lowest BCUT2D eigenvalue weighted by atomic mass is 9.95. The van der Waals surface area contributed by atoms with E-state index in [9.17, 15) is 4.79 Å². The Hall–Kier alpha value is -1.62. The van der Waals surface area contributed by atoms with Crippen molar-refractivity contribution in [3.63, 3.8) is 0 Å². The molecule has 1 aliphatic heterocycles. The Kier molecular flexibility index (Phi) is 3.61. The molecule has 5 heteroatoms. The number of likely N-dealkylation sites (tertiary alicyclic amines) is 1. The van der Waals surface area contributed by atoms with E-state index < -0.39 is 0 Å². The van der Waals surface area contributed by atoms with Gasteiger partial charge in [0.2, 0.25) is 0 Å². The molecule has 0 radical (unpaired) electrons. The summed E-state index contributed by atoms with van der Waals surface area (Å²) < 4.78 is 0. The van der Waals surface area contributed by atoms with Crippen LogP contribution >= 0.6 is 11.3 Å². The smallest absolute Gasteiger partial charge is 0.266 e. The molecular formula is C16H21N3OS. The number of pyridine rings is 1. The van der Waals surface area contributed by atoms with Crippen LogP contribution in [0.3, 0.4) is 0 Å². The van der Waals surface area contributed by atoms with E-state index in [0.29, 0.717) is 16.5 Å². The number of aryl methyl sites for hydroxylation is 1. The quantitative estimate of drug-likeness (QED) is 0.878. The van der Waals surface area contributed by atoms with Crippen molar-refractivity contribution >= 4 is 33.1 Å². The fourth-order valence-electron chi connectivity index (χ4n) is 2.95. The summed E-state index contributed by atoms with van der Waals surface area (Å²) in [5, 5.41) is 0.895. The molecule has 2 unspecified atom stereocenters. The van der Waals surface area contributed by atoms with Gasteiger partial charge in [-0.15, -0.1) is 11.3 Å². The molecule has 4 nitrogen and oxygen atoms in total. The van der Waals surface area contributed by atoms with Gasteiger partial charge < -0.3 is 10.6 Å². The zero-order valence-corrected chi connectivity index (χ0v) is 13.5. The summed E-state index contributed by atoms with van der Waals surface area (Å²) >= 11 is 1.42. The molecule has 1 saturated heterocycles. The molecule has 0 aliphatic carbocycles. The number of nitrogen functional groups attached to an aromatic ring is 1. The van der Waals surface area contributed by atoms with Crippen LogP contribution in [0.25, 0.3) is 10.2 Å². The van der Waals surface area contributed by atoms with Gasteiger partial charge in [-0.1, -0.05) is 6.92 Å². The number of nitrogens with zero attached hydrogens (tertiary/aromatic N) is 2. The van der Waals surface area contributed by atoms with Crippen molar-refractivity contribution in [2.24, 2.45) is 5.92 Å². The number of carbonyl (C=O) groups is 1. The second-order valence-electron chi connectivity index (χ2n) is 6.14. The Morgan fingerprint density at radius 1 is 1.38 bits per heavy atom. The highest BCUT2D eigenvalue weighted by atomic mass is 32.1. The molecule has 2 aromatic rings. The first-order chi connectivity index (χ1) is 9.97. The molecule has 0 saturated carbocycles. The molecule has 112 valence electrons. The van der Waals surface area contributed by atoms with Crippen molar-refractivity contribution in [3.8, 4) is 0 Å². The molecule has 2 aromatic heterocycles. The van der Waals surface area contributed by atoms with Gasteiger partial charge in [-0.3, -0.25) is 4.79 Å². The standard InChI is InChI=1S/C16H21N3OS/c1-9-4-6-11(3)19(8-9)16(20)14-13(17)12-7-5-10(2)18-15(12)21-14/h5,7,9,11H,4,6,8,17H2,1-3H3. The first kappa shape index (κ1) is 14.3. The number of hydrogen-bond acceptors (Lipinski definition) is 4. The zero-order valence-electron chi connectivity index (χ0n) is 12.7. The van der Waals surface area contributed by atoms with E-state index in [0.717, 1.165) is 28.9 Å². The monoisotopic (exact) mass is 303 g/mol. The Morgan fingerprint density at radius 3 is 2.90 bits per heavy atom. The Morgan fingerprint density at radius 2 is 2.14 bits per heavy atom. The van der Waals surface area contributed by atoms with Crippen LogP contribution in [0, 0.1) is 12.8 Å². The number of nitrogens with two attached hydrogens (primary N) is 1. The van der Waals surface area contributed by atoms with Gasteiger partial charge in [-0.25, -0.2) is 4.98 Å². The first-order valence-corrected chi connectivity index (χ1v) is 8.25. The Balaban J connectivity index is 1.99. The maximum absolute atomic E-state index is 12.9.